The minimum Gasteiger partial charge on any atom is -0.494 e. The van der Waals surface area contributed by atoms with Gasteiger partial charge in [-0.1, -0.05) is 26.0 Å². The summed E-state index contributed by atoms with van der Waals surface area (Å²) in [4.78, 5) is 23.9. The van der Waals surface area contributed by atoms with Crippen LogP contribution in [-0.4, -0.2) is 46.2 Å². The van der Waals surface area contributed by atoms with Crippen molar-refractivity contribution in [3.05, 3.63) is 59.2 Å². The van der Waals surface area contributed by atoms with Crippen LogP contribution in [0.25, 0.3) is 11.1 Å². The molecule has 2 aromatic carbocycles. The van der Waals surface area contributed by atoms with Crippen molar-refractivity contribution in [1.29, 1.82) is 0 Å². The highest BCUT2D eigenvalue weighted by molar-refractivity contribution is 7.85. The van der Waals surface area contributed by atoms with E-state index in [4.69, 9.17) is 4.74 Å². The number of carbonyl (C=O) groups excluding carboxylic acids is 2. The Hall–Kier alpha value is -3.83. The summed E-state index contributed by atoms with van der Waals surface area (Å²) in [6.45, 7) is 5.30. The zero-order valence-electron chi connectivity index (χ0n) is 21.3. The Morgan fingerprint density at radius 2 is 1.71 bits per heavy atom. The first-order valence-electron chi connectivity index (χ1n) is 12.1. The van der Waals surface area contributed by atoms with Crippen molar-refractivity contribution in [2.75, 3.05) is 11.9 Å². The van der Waals surface area contributed by atoms with Gasteiger partial charge in [-0.05, 0) is 58.9 Å². The van der Waals surface area contributed by atoms with Gasteiger partial charge >= 0.3 is 5.97 Å². The first kappa shape index (κ1) is 27.2. The first-order valence-corrected chi connectivity index (χ1v) is 13.6. The third-order valence-corrected chi connectivity index (χ3v) is 7.31. The lowest BCUT2D eigenvalue weighted by Gasteiger charge is -2.15. The van der Waals surface area contributed by atoms with Gasteiger partial charge in [0.15, 0.2) is 11.8 Å². The highest BCUT2D eigenvalue weighted by Crippen LogP contribution is 2.46. The molecule has 10 nitrogen and oxygen atoms in total. The Bertz CT molecular complexity index is 1510. The number of ether oxygens (including phenoxy) is 1. The molecule has 202 valence electrons. The van der Waals surface area contributed by atoms with Gasteiger partial charge in [0.25, 0.3) is 10.1 Å². The second-order valence-corrected chi connectivity index (χ2v) is 11.2. The summed E-state index contributed by atoms with van der Waals surface area (Å²) in [5, 5.41) is 23.4. The van der Waals surface area contributed by atoms with Gasteiger partial charge in [-0.2, -0.15) is 8.42 Å². The number of aromatic nitrogens is 1. The molecule has 11 heteroatoms. The van der Waals surface area contributed by atoms with Crippen molar-refractivity contribution in [3.63, 3.8) is 0 Å². The van der Waals surface area contributed by atoms with E-state index in [-0.39, 0.29) is 48.1 Å². The lowest BCUT2D eigenvalue weighted by molar-refractivity contribution is -0.141. The van der Waals surface area contributed by atoms with Crippen molar-refractivity contribution < 1.29 is 37.5 Å². The molecule has 1 aliphatic carbocycles. The van der Waals surface area contributed by atoms with Crippen LogP contribution in [0.1, 0.15) is 49.8 Å². The van der Waals surface area contributed by atoms with E-state index in [9.17, 15) is 32.8 Å². The molecule has 0 aliphatic heterocycles. The number of nitrogens with one attached hydrogen (secondary N) is 1. The van der Waals surface area contributed by atoms with E-state index in [2.05, 4.69) is 5.32 Å². The van der Waals surface area contributed by atoms with Gasteiger partial charge in [0, 0.05) is 43.1 Å². The number of nitrogens with zero attached hydrogens (tertiary/aromatic N) is 1. The Morgan fingerprint density at radius 3 is 2.34 bits per heavy atom. The number of carbonyl (C=O) groups is 2. The third-order valence-electron chi connectivity index (χ3n) is 6.46. The normalized spacial score (nSPS) is 14.3. The van der Waals surface area contributed by atoms with Crippen LogP contribution >= 0.6 is 0 Å². The molecule has 38 heavy (non-hydrogen) atoms. The van der Waals surface area contributed by atoms with Crippen LogP contribution in [0.5, 0.6) is 11.8 Å². The largest absolute Gasteiger partial charge is 0.494 e. The maximum atomic E-state index is 12.7. The predicted molar refractivity (Wildman–Crippen MR) is 140 cm³/mol. The zero-order chi connectivity index (χ0) is 27.8. The minimum absolute atomic E-state index is 0.0111. The monoisotopic (exact) mass is 542 g/mol. The number of hydrogen-bond donors (Lipinski definition) is 4. The van der Waals surface area contributed by atoms with E-state index in [1.807, 2.05) is 13.8 Å². The molecular weight excluding hydrogens is 512 g/mol. The summed E-state index contributed by atoms with van der Waals surface area (Å²) in [7, 11) is -4.43. The summed E-state index contributed by atoms with van der Waals surface area (Å²) in [6.07, 6.45) is 0.583. The second-order valence-electron chi connectivity index (χ2n) is 9.78. The quantitative estimate of drug-likeness (QED) is 0.233. The number of anilines is 1. The molecule has 1 atom stereocenters. The Morgan fingerprint density at radius 1 is 1.05 bits per heavy atom. The van der Waals surface area contributed by atoms with E-state index < -0.39 is 22.0 Å². The summed E-state index contributed by atoms with van der Waals surface area (Å²) in [5.74, 6) is -1.23. The van der Waals surface area contributed by atoms with Gasteiger partial charge in [-0.15, -0.1) is 0 Å². The topological polar surface area (TPSA) is 155 Å². The highest BCUT2D eigenvalue weighted by atomic mass is 32.2. The van der Waals surface area contributed by atoms with Crippen LogP contribution in [0, 0.1) is 5.92 Å². The fourth-order valence-electron chi connectivity index (χ4n) is 4.78. The van der Waals surface area contributed by atoms with E-state index in [1.165, 1.54) is 29.7 Å². The number of aromatic hydroxyl groups is 2. The Balaban J connectivity index is 1.54. The van der Waals surface area contributed by atoms with Gasteiger partial charge in [0.1, 0.15) is 6.61 Å². The van der Waals surface area contributed by atoms with Gasteiger partial charge in [0.2, 0.25) is 5.91 Å². The van der Waals surface area contributed by atoms with Crippen molar-refractivity contribution in [2.45, 2.75) is 51.0 Å². The van der Waals surface area contributed by atoms with Gasteiger partial charge in [-0.3, -0.25) is 18.7 Å². The Kier molecular flexibility index (Phi) is 7.52. The second kappa shape index (κ2) is 10.5. The number of amides is 1. The molecule has 3 aromatic rings. The fourth-order valence-corrected chi connectivity index (χ4v) is 5.30. The molecule has 4 N–H and O–H groups in total. The van der Waals surface area contributed by atoms with Crippen LogP contribution in [-0.2, 0) is 37.4 Å². The van der Waals surface area contributed by atoms with Crippen LogP contribution in [0.15, 0.2) is 47.4 Å². The molecule has 0 saturated carbocycles. The number of esters is 1. The molecule has 1 unspecified atom stereocenters. The van der Waals surface area contributed by atoms with E-state index in [0.29, 0.717) is 23.2 Å². The lowest BCUT2D eigenvalue weighted by atomic mass is 9.97. The van der Waals surface area contributed by atoms with Gasteiger partial charge < -0.3 is 20.3 Å². The highest BCUT2D eigenvalue weighted by Gasteiger charge is 2.31. The molecule has 1 aliphatic rings. The number of hydrogen-bond acceptors (Lipinski definition) is 7. The SMILES string of the molecule is CC(=O)OCC1c2cc(NC(=O)CCn3c(O)cc(CC(C)C)c3O)ccc2-c2ccc(S(=O)(=O)O)cc21. The molecule has 0 saturated heterocycles. The van der Waals surface area contributed by atoms with Crippen LogP contribution in [0.2, 0.25) is 0 Å². The number of rotatable bonds is 9. The summed E-state index contributed by atoms with van der Waals surface area (Å²) < 4.78 is 39.4. The van der Waals surface area contributed by atoms with Gasteiger partial charge in [-0.25, -0.2) is 0 Å². The first-order chi connectivity index (χ1) is 17.8. The lowest BCUT2D eigenvalue weighted by Crippen LogP contribution is -2.15. The Labute approximate surface area is 220 Å². The van der Waals surface area contributed by atoms with Crippen molar-refractivity contribution in [1.82, 2.24) is 4.57 Å². The molecule has 0 spiro atoms. The molecule has 1 aromatic heterocycles. The fraction of sp³-hybridized carbons (Fsp3) is 0.333. The maximum absolute atomic E-state index is 12.7. The number of fused-ring (bicyclic) bond motifs is 3. The summed E-state index contributed by atoms with van der Waals surface area (Å²) in [6, 6.07) is 11.0. The molecule has 1 amide bonds. The van der Waals surface area contributed by atoms with E-state index in [1.54, 1.807) is 24.3 Å². The average molecular weight is 543 g/mol. The number of benzene rings is 2. The molecular formula is C27H30N2O8S. The van der Waals surface area contributed by atoms with Crippen molar-refractivity contribution in [3.8, 4) is 22.9 Å². The average Bonchev–Trinajstić information content (AvgIpc) is 3.27. The molecule has 4 rings (SSSR count). The van der Waals surface area contributed by atoms with Crippen LogP contribution in [0.4, 0.5) is 5.69 Å². The third kappa shape index (κ3) is 5.68. The zero-order valence-corrected chi connectivity index (χ0v) is 22.1. The molecule has 1 heterocycles. The summed E-state index contributed by atoms with van der Waals surface area (Å²) >= 11 is 0. The minimum atomic E-state index is -4.43. The van der Waals surface area contributed by atoms with Crippen LogP contribution < -0.4 is 5.32 Å². The van der Waals surface area contributed by atoms with E-state index >= 15 is 0 Å². The van der Waals surface area contributed by atoms with Crippen molar-refractivity contribution >= 4 is 27.7 Å². The van der Waals surface area contributed by atoms with E-state index in [0.717, 1.165) is 16.7 Å². The van der Waals surface area contributed by atoms with Crippen LogP contribution in [0.3, 0.4) is 0 Å². The summed E-state index contributed by atoms with van der Waals surface area (Å²) in [5.41, 5.74) is 3.93. The standard InChI is InChI=1S/C27H30N2O8S/c1-15(2)10-17-11-26(32)29(27(17)33)9-8-25(31)28-18-4-6-20-21-7-5-19(38(34,35)36)13-23(21)24(22(20)12-18)14-37-16(3)30/h4-7,11-13,15,24,32-33H,8-10,14H2,1-3H3,(H,28,31)(H,34,35,36). The van der Waals surface area contributed by atoms with Gasteiger partial charge in [0.05, 0.1) is 4.90 Å². The molecule has 0 radical (unpaired) electrons. The smallest absolute Gasteiger partial charge is 0.302 e. The maximum Gasteiger partial charge on any atom is 0.302 e. The molecule has 0 fully saturated rings. The van der Waals surface area contributed by atoms with Crippen molar-refractivity contribution in [2.24, 2.45) is 5.92 Å². The molecule has 0 bridgehead atoms. The predicted octanol–water partition coefficient (Wildman–Crippen LogP) is 4.05.